The van der Waals surface area contributed by atoms with Crippen molar-refractivity contribution in [2.45, 2.75) is 26.3 Å². The number of rotatable bonds is 4. The van der Waals surface area contributed by atoms with Crippen molar-refractivity contribution in [2.75, 3.05) is 13.1 Å². The third-order valence-electron chi connectivity index (χ3n) is 3.60. The molecule has 0 saturated carbocycles. The lowest BCUT2D eigenvalue weighted by Gasteiger charge is -2.18. The number of likely N-dealkylation sites (tertiary alicyclic amines) is 1. The molecule has 2 rings (SSSR count). The molecular weight excluding hydrogens is 233 g/mol. The lowest BCUT2D eigenvalue weighted by atomic mass is 10.0. The average Bonchev–Trinajstić information content (AvgIpc) is 2.80. The summed E-state index contributed by atoms with van der Waals surface area (Å²) in [6.07, 6.45) is 1.45. The molecule has 18 heavy (non-hydrogen) atoms. The third kappa shape index (κ3) is 2.70. The zero-order chi connectivity index (χ0) is 13.1. The molecule has 1 fully saturated rings. The molecule has 0 aromatic heterocycles. The SMILES string of the molecule is CCc1cccc(F)c1CN1CCC(C(=O)O)C1. The van der Waals surface area contributed by atoms with Crippen molar-refractivity contribution in [1.29, 1.82) is 0 Å². The Labute approximate surface area is 106 Å². The van der Waals surface area contributed by atoms with Crippen molar-refractivity contribution >= 4 is 5.97 Å². The fourth-order valence-electron chi connectivity index (χ4n) is 2.51. The van der Waals surface area contributed by atoms with E-state index in [1.54, 1.807) is 6.07 Å². The number of hydrogen-bond donors (Lipinski definition) is 1. The molecule has 0 aliphatic carbocycles. The molecule has 0 amide bonds. The summed E-state index contributed by atoms with van der Waals surface area (Å²) in [5.41, 5.74) is 1.72. The van der Waals surface area contributed by atoms with Crippen LogP contribution in [0, 0.1) is 11.7 Å². The summed E-state index contributed by atoms with van der Waals surface area (Å²) in [6.45, 7) is 3.77. The highest BCUT2D eigenvalue weighted by molar-refractivity contribution is 5.70. The van der Waals surface area contributed by atoms with Crippen molar-refractivity contribution in [2.24, 2.45) is 5.92 Å². The summed E-state index contributed by atoms with van der Waals surface area (Å²) < 4.78 is 13.8. The Bertz CT molecular complexity index is 447. The minimum Gasteiger partial charge on any atom is -0.481 e. The van der Waals surface area contributed by atoms with Crippen molar-refractivity contribution in [3.05, 3.63) is 35.1 Å². The number of carboxylic acid groups (broad SMARTS) is 1. The van der Waals surface area contributed by atoms with Crippen LogP contribution in [0.2, 0.25) is 0 Å². The summed E-state index contributed by atoms with van der Waals surface area (Å²) in [6, 6.07) is 5.13. The zero-order valence-corrected chi connectivity index (χ0v) is 10.5. The Hall–Kier alpha value is -1.42. The second-order valence-corrected chi connectivity index (χ2v) is 4.79. The van der Waals surface area contributed by atoms with Gasteiger partial charge in [0, 0.05) is 18.7 Å². The normalized spacial score (nSPS) is 20.2. The monoisotopic (exact) mass is 251 g/mol. The maximum Gasteiger partial charge on any atom is 0.307 e. The van der Waals surface area contributed by atoms with Gasteiger partial charge >= 0.3 is 5.97 Å². The Kier molecular flexibility index (Phi) is 3.97. The van der Waals surface area contributed by atoms with E-state index in [-0.39, 0.29) is 11.7 Å². The van der Waals surface area contributed by atoms with E-state index in [2.05, 4.69) is 0 Å². The van der Waals surface area contributed by atoms with Gasteiger partial charge in [0.05, 0.1) is 5.92 Å². The minimum absolute atomic E-state index is 0.187. The molecule has 3 nitrogen and oxygen atoms in total. The van der Waals surface area contributed by atoms with E-state index in [1.165, 1.54) is 6.07 Å². The topological polar surface area (TPSA) is 40.5 Å². The Morgan fingerprint density at radius 3 is 2.94 bits per heavy atom. The van der Waals surface area contributed by atoms with Gasteiger partial charge in [0.2, 0.25) is 0 Å². The molecule has 1 aliphatic rings. The first-order chi connectivity index (χ1) is 8.61. The maximum absolute atomic E-state index is 13.8. The van der Waals surface area contributed by atoms with Gasteiger partial charge in [0.25, 0.3) is 0 Å². The number of carboxylic acids is 1. The standard InChI is InChI=1S/C14H18FNO2/c1-2-10-4-3-5-13(15)12(10)9-16-7-6-11(8-16)14(17)18/h3-5,11H,2,6-9H2,1H3,(H,17,18). The molecule has 0 bridgehead atoms. The molecule has 1 aromatic carbocycles. The highest BCUT2D eigenvalue weighted by Crippen LogP contribution is 2.22. The quantitative estimate of drug-likeness (QED) is 0.892. The Balaban J connectivity index is 2.09. The summed E-state index contributed by atoms with van der Waals surface area (Å²) in [7, 11) is 0. The van der Waals surface area contributed by atoms with Crippen LogP contribution in [-0.4, -0.2) is 29.1 Å². The number of hydrogen-bond acceptors (Lipinski definition) is 2. The number of aliphatic carboxylic acids is 1. The first-order valence-electron chi connectivity index (χ1n) is 6.33. The number of nitrogens with zero attached hydrogens (tertiary/aromatic N) is 1. The number of benzene rings is 1. The van der Waals surface area contributed by atoms with Gasteiger partial charge in [-0.3, -0.25) is 9.69 Å². The van der Waals surface area contributed by atoms with Crippen molar-refractivity contribution in [3.8, 4) is 0 Å². The molecule has 0 radical (unpaired) electrons. The first kappa shape index (κ1) is 13.0. The number of aryl methyl sites for hydroxylation is 1. The summed E-state index contributed by atoms with van der Waals surface area (Å²) in [5.74, 6) is -1.24. The van der Waals surface area contributed by atoms with E-state index < -0.39 is 5.97 Å². The van der Waals surface area contributed by atoms with E-state index in [0.717, 1.165) is 18.5 Å². The second kappa shape index (κ2) is 5.48. The number of carbonyl (C=O) groups is 1. The van der Waals surface area contributed by atoms with E-state index in [1.807, 2.05) is 17.9 Å². The van der Waals surface area contributed by atoms with Gasteiger partial charge in [-0.25, -0.2) is 4.39 Å². The van der Waals surface area contributed by atoms with E-state index in [4.69, 9.17) is 5.11 Å². The summed E-state index contributed by atoms with van der Waals surface area (Å²) in [4.78, 5) is 12.9. The molecule has 1 aliphatic heterocycles. The molecule has 98 valence electrons. The van der Waals surface area contributed by atoms with Gasteiger partial charge in [-0.2, -0.15) is 0 Å². The van der Waals surface area contributed by atoms with Crippen LogP contribution in [0.1, 0.15) is 24.5 Å². The van der Waals surface area contributed by atoms with Crippen LogP contribution >= 0.6 is 0 Å². The van der Waals surface area contributed by atoms with Crippen LogP contribution in [0.4, 0.5) is 4.39 Å². The molecule has 1 aromatic rings. The number of halogens is 1. The molecule has 1 unspecified atom stereocenters. The van der Waals surface area contributed by atoms with E-state index >= 15 is 0 Å². The Morgan fingerprint density at radius 1 is 1.56 bits per heavy atom. The van der Waals surface area contributed by atoms with Gasteiger partial charge in [0.15, 0.2) is 0 Å². The molecule has 1 atom stereocenters. The smallest absolute Gasteiger partial charge is 0.307 e. The van der Waals surface area contributed by atoms with Gasteiger partial charge in [-0.05, 0) is 31.0 Å². The highest BCUT2D eigenvalue weighted by atomic mass is 19.1. The van der Waals surface area contributed by atoms with E-state index in [0.29, 0.717) is 25.1 Å². The van der Waals surface area contributed by atoms with Crippen LogP contribution in [0.5, 0.6) is 0 Å². The van der Waals surface area contributed by atoms with Crippen LogP contribution < -0.4 is 0 Å². The molecule has 0 spiro atoms. The molecular formula is C14H18FNO2. The molecule has 4 heteroatoms. The fraction of sp³-hybridized carbons (Fsp3) is 0.500. The predicted molar refractivity (Wildman–Crippen MR) is 66.8 cm³/mol. The average molecular weight is 251 g/mol. The van der Waals surface area contributed by atoms with Gasteiger partial charge in [-0.1, -0.05) is 19.1 Å². The zero-order valence-electron chi connectivity index (χ0n) is 10.5. The predicted octanol–water partition coefficient (Wildman–Crippen LogP) is 2.29. The minimum atomic E-state index is -0.748. The van der Waals surface area contributed by atoms with E-state index in [9.17, 15) is 9.18 Å². The summed E-state index contributed by atoms with van der Waals surface area (Å²) >= 11 is 0. The fourth-order valence-corrected chi connectivity index (χ4v) is 2.51. The van der Waals surface area contributed by atoms with Gasteiger partial charge in [-0.15, -0.1) is 0 Å². The third-order valence-corrected chi connectivity index (χ3v) is 3.60. The largest absolute Gasteiger partial charge is 0.481 e. The van der Waals surface area contributed by atoms with Crippen molar-refractivity contribution in [1.82, 2.24) is 4.90 Å². The van der Waals surface area contributed by atoms with Crippen LogP contribution in [0.25, 0.3) is 0 Å². The summed E-state index contributed by atoms with van der Waals surface area (Å²) in [5, 5.41) is 8.95. The first-order valence-corrected chi connectivity index (χ1v) is 6.33. The lowest BCUT2D eigenvalue weighted by molar-refractivity contribution is -0.141. The second-order valence-electron chi connectivity index (χ2n) is 4.79. The lowest BCUT2D eigenvalue weighted by Crippen LogP contribution is -2.24. The van der Waals surface area contributed by atoms with Crippen molar-refractivity contribution < 1.29 is 14.3 Å². The molecule has 1 heterocycles. The highest BCUT2D eigenvalue weighted by Gasteiger charge is 2.28. The van der Waals surface area contributed by atoms with Crippen molar-refractivity contribution in [3.63, 3.8) is 0 Å². The Morgan fingerprint density at radius 2 is 2.33 bits per heavy atom. The molecule has 1 N–H and O–H groups in total. The maximum atomic E-state index is 13.8. The van der Waals surface area contributed by atoms with Crippen LogP contribution in [0.3, 0.4) is 0 Å². The van der Waals surface area contributed by atoms with Gasteiger partial charge < -0.3 is 5.11 Å². The van der Waals surface area contributed by atoms with Gasteiger partial charge in [0.1, 0.15) is 5.82 Å². The van der Waals surface area contributed by atoms with Crippen LogP contribution in [0.15, 0.2) is 18.2 Å². The van der Waals surface area contributed by atoms with Crippen LogP contribution in [-0.2, 0) is 17.8 Å². The molecule has 1 saturated heterocycles.